The summed E-state index contributed by atoms with van der Waals surface area (Å²) in [6, 6.07) is 10.2. The standard InChI is InChI=1S/C19H30N4O2.HI/c1-4-20-19(21-12-18(24)22(2)3)23-11-10-17(13-23)15-25-14-16-8-6-5-7-9-16;/h5-9,17H,4,10-15H2,1-3H3,(H,20,21);1H. The fourth-order valence-corrected chi connectivity index (χ4v) is 2.79. The van der Waals surface area contributed by atoms with E-state index >= 15 is 0 Å². The SMILES string of the molecule is CCNC(=NCC(=O)N(C)C)N1CCC(COCc2ccccc2)C1.I. The van der Waals surface area contributed by atoms with Crippen LogP contribution in [0.2, 0.25) is 0 Å². The van der Waals surface area contributed by atoms with E-state index in [1.54, 1.807) is 19.0 Å². The maximum Gasteiger partial charge on any atom is 0.243 e. The minimum atomic E-state index is 0. The monoisotopic (exact) mass is 474 g/mol. The molecule has 26 heavy (non-hydrogen) atoms. The Hall–Kier alpha value is -1.35. The maximum absolute atomic E-state index is 11.8. The van der Waals surface area contributed by atoms with Crippen LogP contribution < -0.4 is 5.32 Å². The third kappa shape index (κ3) is 7.49. The highest BCUT2D eigenvalue weighted by molar-refractivity contribution is 14.0. The van der Waals surface area contributed by atoms with Gasteiger partial charge in [-0.15, -0.1) is 24.0 Å². The van der Waals surface area contributed by atoms with E-state index in [1.165, 1.54) is 5.56 Å². The molecule has 1 aromatic rings. The largest absolute Gasteiger partial charge is 0.376 e. The van der Waals surface area contributed by atoms with E-state index in [0.29, 0.717) is 12.5 Å². The topological polar surface area (TPSA) is 57.2 Å². The van der Waals surface area contributed by atoms with E-state index in [9.17, 15) is 4.79 Å². The Kier molecular flexibility index (Phi) is 10.6. The van der Waals surface area contributed by atoms with Crippen molar-refractivity contribution >= 4 is 35.8 Å². The van der Waals surface area contributed by atoms with E-state index in [1.807, 2.05) is 25.1 Å². The molecular weight excluding hydrogens is 443 g/mol. The minimum Gasteiger partial charge on any atom is -0.376 e. The molecule has 6 nitrogen and oxygen atoms in total. The van der Waals surface area contributed by atoms with Gasteiger partial charge in [-0.05, 0) is 18.9 Å². The molecule has 0 bridgehead atoms. The normalized spacial score (nSPS) is 17.0. The zero-order chi connectivity index (χ0) is 18.1. The van der Waals surface area contributed by atoms with Gasteiger partial charge in [0.2, 0.25) is 5.91 Å². The lowest BCUT2D eigenvalue weighted by Gasteiger charge is -2.22. The molecule has 0 spiro atoms. The number of hydrogen-bond acceptors (Lipinski definition) is 3. The van der Waals surface area contributed by atoms with Gasteiger partial charge in [-0.25, -0.2) is 4.99 Å². The molecule has 1 atom stereocenters. The Labute approximate surface area is 174 Å². The smallest absolute Gasteiger partial charge is 0.243 e. The van der Waals surface area contributed by atoms with Crippen LogP contribution in [0.25, 0.3) is 0 Å². The molecule has 1 saturated heterocycles. The molecule has 1 heterocycles. The summed E-state index contributed by atoms with van der Waals surface area (Å²) in [4.78, 5) is 20.0. The quantitative estimate of drug-likeness (QED) is 0.374. The second-order valence-corrected chi connectivity index (χ2v) is 6.56. The van der Waals surface area contributed by atoms with Crippen LogP contribution in [0, 0.1) is 5.92 Å². The first kappa shape index (κ1) is 22.7. The van der Waals surface area contributed by atoms with Gasteiger partial charge in [0, 0.05) is 39.6 Å². The lowest BCUT2D eigenvalue weighted by Crippen LogP contribution is -2.41. The number of aliphatic imine (C=N–C) groups is 1. The van der Waals surface area contributed by atoms with Gasteiger partial charge in [0.1, 0.15) is 6.54 Å². The van der Waals surface area contributed by atoms with Gasteiger partial charge in [-0.2, -0.15) is 0 Å². The van der Waals surface area contributed by atoms with Crippen LogP contribution >= 0.6 is 24.0 Å². The Morgan fingerprint density at radius 2 is 2.08 bits per heavy atom. The van der Waals surface area contributed by atoms with Crippen molar-refractivity contribution in [2.75, 3.05) is 46.9 Å². The van der Waals surface area contributed by atoms with E-state index in [-0.39, 0.29) is 36.4 Å². The number of benzene rings is 1. The summed E-state index contributed by atoms with van der Waals surface area (Å²) in [6.45, 7) is 6.28. The molecule has 7 heteroatoms. The third-order valence-corrected chi connectivity index (χ3v) is 4.25. The van der Waals surface area contributed by atoms with Gasteiger partial charge in [-0.3, -0.25) is 4.79 Å². The molecule has 1 unspecified atom stereocenters. The van der Waals surface area contributed by atoms with E-state index < -0.39 is 0 Å². The van der Waals surface area contributed by atoms with Gasteiger partial charge in [0.25, 0.3) is 0 Å². The number of nitrogens with zero attached hydrogens (tertiary/aromatic N) is 3. The Balaban J connectivity index is 0.00000338. The summed E-state index contributed by atoms with van der Waals surface area (Å²) in [5, 5.41) is 3.29. The number of rotatable bonds is 7. The first-order valence-electron chi connectivity index (χ1n) is 8.95. The predicted octanol–water partition coefficient (Wildman–Crippen LogP) is 2.20. The Bertz CT molecular complexity index is 566. The Morgan fingerprint density at radius 3 is 2.73 bits per heavy atom. The van der Waals surface area contributed by atoms with Crippen LogP contribution in [0.4, 0.5) is 0 Å². The van der Waals surface area contributed by atoms with Gasteiger partial charge < -0.3 is 19.9 Å². The first-order valence-corrected chi connectivity index (χ1v) is 8.95. The van der Waals surface area contributed by atoms with Crippen LogP contribution in [0.3, 0.4) is 0 Å². The number of carbonyl (C=O) groups is 1. The van der Waals surface area contributed by atoms with Crippen LogP contribution in [0.15, 0.2) is 35.3 Å². The number of halogens is 1. The molecule has 146 valence electrons. The fraction of sp³-hybridized carbons (Fsp3) is 0.579. The van der Waals surface area contributed by atoms with Gasteiger partial charge in [-0.1, -0.05) is 30.3 Å². The molecule has 1 fully saturated rings. The van der Waals surface area contributed by atoms with Crippen molar-refractivity contribution in [1.29, 1.82) is 0 Å². The van der Waals surface area contributed by atoms with E-state index in [2.05, 4.69) is 27.3 Å². The van der Waals surface area contributed by atoms with Crippen molar-refractivity contribution in [2.45, 2.75) is 20.0 Å². The molecule has 1 N–H and O–H groups in total. The van der Waals surface area contributed by atoms with Crippen LogP contribution in [-0.2, 0) is 16.1 Å². The number of likely N-dealkylation sites (tertiary alicyclic amines) is 1. The number of amides is 1. The van der Waals surface area contributed by atoms with Crippen LogP contribution in [0.5, 0.6) is 0 Å². The second-order valence-electron chi connectivity index (χ2n) is 6.56. The van der Waals surface area contributed by atoms with Crippen molar-refractivity contribution in [3.8, 4) is 0 Å². The zero-order valence-electron chi connectivity index (χ0n) is 16.0. The molecular formula is C19H31IN4O2. The molecule has 0 aromatic heterocycles. The highest BCUT2D eigenvalue weighted by Gasteiger charge is 2.25. The number of likely N-dealkylation sites (N-methyl/N-ethyl adjacent to an activating group) is 1. The number of carbonyl (C=O) groups excluding carboxylic acids is 1. The minimum absolute atomic E-state index is 0. The van der Waals surface area contributed by atoms with Gasteiger partial charge in [0.05, 0.1) is 13.2 Å². The van der Waals surface area contributed by atoms with E-state index in [0.717, 1.165) is 38.6 Å². The summed E-state index contributed by atoms with van der Waals surface area (Å²) in [5.74, 6) is 1.33. The fourth-order valence-electron chi connectivity index (χ4n) is 2.79. The third-order valence-electron chi connectivity index (χ3n) is 4.25. The molecule has 0 aliphatic carbocycles. The second kappa shape index (κ2) is 12.1. The zero-order valence-corrected chi connectivity index (χ0v) is 18.3. The van der Waals surface area contributed by atoms with Gasteiger partial charge in [0.15, 0.2) is 5.96 Å². The molecule has 1 aliphatic rings. The first-order chi connectivity index (χ1) is 12.1. The summed E-state index contributed by atoms with van der Waals surface area (Å²) in [5.41, 5.74) is 1.20. The van der Waals surface area contributed by atoms with Crippen molar-refractivity contribution in [1.82, 2.24) is 15.1 Å². The highest BCUT2D eigenvalue weighted by Crippen LogP contribution is 2.17. The van der Waals surface area contributed by atoms with E-state index in [4.69, 9.17) is 4.74 Å². The summed E-state index contributed by atoms with van der Waals surface area (Å²) in [6.07, 6.45) is 1.08. The molecule has 1 aliphatic heterocycles. The van der Waals surface area contributed by atoms with Crippen LogP contribution in [-0.4, -0.2) is 68.5 Å². The number of nitrogens with one attached hydrogen (secondary N) is 1. The number of hydrogen-bond donors (Lipinski definition) is 1. The maximum atomic E-state index is 11.8. The van der Waals surface area contributed by atoms with Crippen molar-refractivity contribution in [2.24, 2.45) is 10.9 Å². The molecule has 0 radical (unpaired) electrons. The summed E-state index contributed by atoms with van der Waals surface area (Å²) in [7, 11) is 3.50. The summed E-state index contributed by atoms with van der Waals surface area (Å²) >= 11 is 0. The molecule has 1 amide bonds. The molecule has 2 rings (SSSR count). The lowest BCUT2D eigenvalue weighted by molar-refractivity contribution is -0.127. The number of guanidine groups is 1. The molecule has 1 aromatic carbocycles. The van der Waals surface area contributed by atoms with Crippen LogP contribution in [0.1, 0.15) is 18.9 Å². The average Bonchev–Trinajstić information content (AvgIpc) is 3.08. The highest BCUT2D eigenvalue weighted by atomic mass is 127. The van der Waals surface area contributed by atoms with Gasteiger partial charge >= 0.3 is 0 Å². The predicted molar refractivity (Wildman–Crippen MR) is 116 cm³/mol. The van der Waals surface area contributed by atoms with Crippen molar-refractivity contribution in [3.63, 3.8) is 0 Å². The summed E-state index contributed by atoms with van der Waals surface area (Å²) < 4.78 is 5.87. The molecule has 0 saturated carbocycles. The number of ether oxygens (including phenoxy) is 1. The average molecular weight is 474 g/mol. The lowest BCUT2D eigenvalue weighted by atomic mass is 10.1. The van der Waals surface area contributed by atoms with Crippen molar-refractivity contribution in [3.05, 3.63) is 35.9 Å². The Morgan fingerprint density at radius 1 is 1.35 bits per heavy atom. The van der Waals surface area contributed by atoms with Crippen molar-refractivity contribution < 1.29 is 9.53 Å².